The summed E-state index contributed by atoms with van der Waals surface area (Å²) in [4.78, 5) is 7.30. The number of imidazole rings is 1. The summed E-state index contributed by atoms with van der Waals surface area (Å²) in [6, 6.07) is 7.79. The van der Waals surface area contributed by atoms with Crippen LogP contribution in [-0.2, 0) is 6.54 Å². The largest absolute Gasteiger partial charge is 0.379 e. The molecular formula is C13H13N3. The predicted octanol–water partition coefficient (Wildman–Crippen LogP) is 2.31. The summed E-state index contributed by atoms with van der Waals surface area (Å²) in [5.41, 5.74) is 2.96. The van der Waals surface area contributed by atoms with Crippen LogP contribution in [0.5, 0.6) is 0 Å². The molecule has 1 aromatic heterocycles. The minimum atomic E-state index is 0.717. The molecule has 0 aliphatic carbocycles. The number of benzene rings is 1. The van der Waals surface area contributed by atoms with Crippen LogP contribution < -0.4 is 5.32 Å². The zero-order valence-electron chi connectivity index (χ0n) is 9.12. The monoisotopic (exact) mass is 211 g/mol. The van der Waals surface area contributed by atoms with Crippen molar-refractivity contribution in [2.45, 2.75) is 13.5 Å². The lowest BCUT2D eigenvalue weighted by Crippen LogP contribution is -1.99. The lowest BCUT2D eigenvalue weighted by Gasteiger charge is -2.04. The second kappa shape index (κ2) is 4.54. The van der Waals surface area contributed by atoms with Crippen molar-refractivity contribution in [1.82, 2.24) is 9.97 Å². The van der Waals surface area contributed by atoms with Gasteiger partial charge in [0, 0.05) is 11.3 Å². The highest BCUT2D eigenvalue weighted by Crippen LogP contribution is 2.10. The maximum Gasteiger partial charge on any atom is 0.103 e. The average molecular weight is 211 g/mol. The molecule has 0 saturated carbocycles. The van der Waals surface area contributed by atoms with Crippen LogP contribution in [0, 0.1) is 19.3 Å². The van der Waals surface area contributed by atoms with Crippen molar-refractivity contribution in [3.8, 4) is 12.3 Å². The fraction of sp³-hybridized carbons (Fsp3) is 0.154. The van der Waals surface area contributed by atoms with Crippen LogP contribution >= 0.6 is 0 Å². The number of hydrogen-bond acceptors (Lipinski definition) is 2. The second-order valence-electron chi connectivity index (χ2n) is 3.57. The summed E-state index contributed by atoms with van der Waals surface area (Å²) < 4.78 is 0. The SMILES string of the molecule is C#Cc1cccc(NCc2cnc(C)[nH]2)c1. The molecular weight excluding hydrogens is 198 g/mol. The molecule has 2 N–H and O–H groups in total. The fourth-order valence-electron chi connectivity index (χ4n) is 1.48. The van der Waals surface area contributed by atoms with Crippen molar-refractivity contribution in [3.63, 3.8) is 0 Å². The maximum absolute atomic E-state index is 5.34. The first-order valence-corrected chi connectivity index (χ1v) is 5.09. The Labute approximate surface area is 94.9 Å². The molecule has 2 aromatic rings. The molecule has 0 amide bonds. The first-order chi connectivity index (χ1) is 7.78. The van der Waals surface area contributed by atoms with Gasteiger partial charge in [-0.1, -0.05) is 12.0 Å². The van der Waals surface area contributed by atoms with Gasteiger partial charge in [0.2, 0.25) is 0 Å². The average Bonchev–Trinajstić information content (AvgIpc) is 2.73. The molecule has 3 heteroatoms. The Morgan fingerprint density at radius 2 is 2.38 bits per heavy atom. The highest BCUT2D eigenvalue weighted by molar-refractivity contribution is 5.50. The van der Waals surface area contributed by atoms with Crippen LogP contribution in [0.4, 0.5) is 5.69 Å². The zero-order valence-corrected chi connectivity index (χ0v) is 9.12. The Morgan fingerprint density at radius 3 is 3.06 bits per heavy atom. The van der Waals surface area contributed by atoms with Gasteiger partial charge >= 0.3 is 0 Å². The van der Waals surface area contributed by atoms with E-state index in [1.165, 1.54) is 0 Å². The van der Waals surface area contributed by atoms with E-state index in [0.29, 0.717) is 0 Å². The Hall–Kier alpha value is -2.21. The topological polar surface area (TPSA) is 40.7 Å². The lowest BCUT2D eigenvalue weighted by atomic mass is 10.2. The van der Waals surface area contributed by atoms with Crippen molar-refractivity contribution in [2.24, 2.45) is 0 Å². The summed E-state index contributed by atoms with van der Waals surface area (Å²) in [5, 5.41) is 3.28. The molecule has 2 rings (SSSR count). The van der Waals surface area contributed by atoms with E-state index in [2.05, 4.69) is 21.2 Å². The Morgan fingerprint density at radius 1 is 1.50 bits per heavy atom. The van der Waals surface area contributed by atoms with Gasteiger partial charge < -0.3 is 10.3 Å². The molecule has 1 aromatic carbocycles. The number of anilines is 1. The molecule has 1 heterocycles. The molecule has 0 unspecified atom stereocenters. The van der Waals surface area contributed by atoms with Gasteiger partial charge in [-0.25, -0.2) is 4.98 Å². The fourth-order valence-corrected chi connectivity index (χ4v) is 1.48. The minimum Gasteiger partial charge on any atom is -0.379 e. The summed E-state index contributed by atoms with van der Waals surface area (Å²) >= 11 is 0. The lowest BCUT2D eigenvalue weighted by molar-refractivity contribution is 1.05. The number of terminal acetylenes is 1. The van der Waals surface area contributed by atoms with Crippen LogP contribution in [-0.4, -0.2) is 9.97 Å². The minimum absolute atomic E-state index is 0.717. The second-order valence-corrected chi connectivity index (χ2v) is 3.57. The number of H-pyrrole nitrogens is 1. The molecule has 0 saturated heterocycles. The van der Waals surface area contributed by atoms with Gasteiger partial charge in [0.1, 0.15) is 5.82 Å². The standard InChI is InChI=1S/C13H13N3/c1-3-11-5-4-6-12(7-11)15-9-13-8-14-10(2)16-13/h1,4-8,15H,9H2,2H3,(H,14,16). The molecule has 0 bridgehead atoms. The highest BCUT2D eigenvalue weighted by Gasteiger charge is 1.97. The number of aromatic nitrogens is 2. The predicted molar refractivity (Wildman–Crippen MR) is 65.0 cm³/mol. The smallest absolute Gasteiger partial charge is 0.103 e. The number of rotatable bonds is 3. The van der Waals surface area contributed by atoms with E-state index in [0.717, 1.165) is 29.3 Å². The third-order valence-electron chi connectivity index (χ3n) is 2.27. The first-order valence-electron chi connectivity index (χ1n) is 5.09. The zero-order chi connectivity index (χ0) is 11.4. The van der Waals surface area contributed by atoms with Crippen molar-refractivity contribution in [2.75, 3.05) is 5.32 Å². The molecule has 0 atom stereocenters. The Bertz CT molecular complexity index is 520. The number of hydrogen-bond donors (Lipinski definition) is 2. The molecule has 0 fully saturated rings. The summed E-state index contributed by atoms with van der Waals surface area (Å²) in [5.74, 6) is 3.53. The van der Waals surface area contributed by atoms with Crippen LogP contribution in [0.1, 0.15) is 17.1 Å². The number of nitrogens with zero attached hydrogens (tertiary/aromatic N) is 1. The van der Waals surface area contributed by atoms with Gasteiger partial charge in [-0.2, -0.15) is 0 Å². The van der Waals surface area contributed by atoms with E-state index in [1.54, 1.807) is 0 Å². The van der Waals surface area contributed by atoms with Crippen LogP contribution in [0.25, 0.3) is 0 Å². The maximum atomic E-state index is 5.34. The van der Waals surface area contributed by atoms with E-state index in [1.807, 2.05) is 37.4 Å². The molecule has 80 valence electrons. The molecule has 0 radical (unpaired) electrons. The van der Waals surface area contributed by atoms with Crippen molar-refractivity contribution < 1.29 is 0 Å². The van der Waals surface area contributed by atoms with Crippen LogP contribution in [0.15, 0.2) is 30.5 Å². The van der Waals surface area contributed by atoms with E-state index < -0.39 is 0 Å². The summed E-state index contributed by atoms with van der Waals surface area (Å²) in [7, 11) is 0. The van der Waals surface area contributed by atoms with E-state index in [4.69, 9.17) is 6.42 Å². The van der Waals surface area contributed by atoms with Gasteiger partial charge in [0.15, 0.2) is 0 Å². The number of aryl methyl sites for hydroxylation is 1. The van der Waals surface area contributed by atoms with Crippen molar-refractivity contribution in [3.05, 3.63) is 47.5 Å². The molecule has 0 aliphatic heterocycles. The van der Waals surface area contributed by atoms with Crippen molar-refractivity contribution in [1.29, 1.82) is 0 Å². The normalized spacial score (nSPS) is 9.75. The summed E-state index contributed by atoms with van der Waals surface area (Å²) in [6.45, 7) is 2.65. The Balaban J connectivity index is 2.02. The van der Waals surface area contributed by atoms with Gasteiger partial charge in [0.25, 0.3) is 0 Å². The van der Waals surface area contributed by atoms with Crippen molar-refractivity contribution >= 4 is 5.69 Å². The van der Waals surface area contributed by atoms with Gasteiger partial charge in [0.05, 0.1) is 18.4 Å². The third-order valence-corrected chi connectivity index (χ3v) is 2.27. The molecule has 0 spiro atoms. The van der Waals surface area contributed by atoms with Gasteiger partial charge in [-0.15, -0.1) is 6.42 Å². The number of aromatic amines is 1. The van der Waals surface area contributed by atoms with E-state index >= 15 is 0 Å². The van der Waals surface area contributed by atoms with Gasteiger partial charge in [-0.05, 0) is 25.1 Å². The highest BCUT2D eigenvalue weighted by atomic mass is 15.0. The molecule has 0 aliphatic rings. The quantitative estimate of drug-likeness (QED) is 0.765. The van der Waals surface area contributed by atoms with Gasteiger partial charge in [-0.3, -0.25) is 0 Å². The van der Waals surface area contributed by atoms with E-state index in [9.17, 15) is 0 Å². The molecule has 16 heavy (non-hydrogen) atoms. The Kier molecular flexibility index (Phi) is 2.93. The number of nitrogens with one attached hydrogen (secondary N) is 2. The molecule has 3 nitrogen and oxygen atoms in total. The van der Waals surface area contributed by atoms with E-state index in [-0.39, 0.29) is 0 Å². The first kappa shape index (κ1) is 10.3. The van der Waals surface area contributed by atoms with Crippen LogP contribution in [0.2, 0.25) is 0 Å². The summed E-state index contributed by atoms with van der Waals surface area (Å²) in [6.07, 6.45) is 7.16. The van der Waals surface area contributed by atoms with Crippen LogP contribution in [0.3, 0.4) is 0 Å². The third kappa shape index (κ3) is 2.43.